The summed E-state index contributed by atoms with van der Waals surface area (Å²) in [5, 5.41) is 12.7. The molecule has 0 aliphatic carbocycles. The van der Waals surface area contributed by atoms with Crippen molar-refractivity contribution in [2.75, 3.05) is 12.1 Å². The third-order valence-electron chi connectivity index (χ3n) is 3.43. The monoisotopic (exact) mass is 375 g/mol. The molecule has 1 aliphatic heterocycles. The minimum absolute atomic E-state index is 0.167. The Labute approximate surface area is 151 Å². The lowest BCUT2D eigenvalue weighted by molar-refractivity contribution is -0.115. The van der Waals surface area contributed by atoms with Crippen LogP contribution in [0.5, 0.6) is 11.5 Å². The van der Waals surface area contributed by atoms with Crippen molar-refractivity contribution in [3.63, 3.8) is 0 Å². The molecule has 2 aromatic heterocycles. The summed E-state index contributed by atoms with van der Waals surface area (Å²) < 4.78 is 16.2. The number of thiophene rings is 1. The highest BCUT2D eigenvalue weighted by molar-refractivity contribution is 8.00. The van der Waals surface area contributed by atoms with Gasteiger partial charge in [0.25, 0.3) is 11.1 Å². The zero-order valence-electron chi connectivity index (χ0n) is 13.1. The van der Waals surface area contributed by atoms with E-state index in [-0.39, 0.29) is 12.7 Å². The third-order valence-corrected chi connectivity index (χ3v) is 5.22. The van der Waals surface area contributed by atoms with Crippen LogP contribution in [0.15, 0.2) is 45.4 Å². The van der Waals surface area contributed by atoms with Gasteiger partial charge in [0.15, 0.2) is 11.5 Å². The number of anilines is 1. The van der Waals surface area contributed by atoms with Crippen molar-refractivity contribution in [1.29, 1.82) is 0 Å². The number of fused-ring (bicyclic) bond motifs is 1. The van der Waals surface area contributed by atoms with Gasteiger partial charge in [0, 0.05) is 11.8 Å². The van der Waals surface area contributed by atoms with Crippen molar-refractivity contribution in [3.8, 4) is 22.3 Å². The summed E-state index contributed by atoms with van der Waals surface area (Å²) in [6.45, 7) is 1.98. The fraction of sp³-hybridized carbons (Fsp3) is 0.188. The minimum atomic E-state index is -0.401. The molecule has 128 valence electrons. The van der Waals surface area contributed by atoms with Gasteiger partial charge in [-0.2, -0.15) is 0 Å². The van der Waals surface area contributed by atoms with Crippen LogP contribution in [-0.2, 0) is 4.79 Å². The van der Waals surface area contributed by atoms with Gasteiger partial charge in [0.2, 0.25) is 12.7 Å². The van der Waals surface area contributed by atoms with Crippen LogP contribution in [0.2, 0.25) is 0 Å². The summed E-state index contributed by atoms with van der Waals surface area (Å²) in [6, 6.07) is 9.09. The molecule has 0 bridgehead atoms. The smallest absolute Gasteiger partial charge is 0.277 e. The molecule has 0 fully saturated rings. The van der Waals surface area contributed by atoms with E-state index in [1.54, 1.807) is 25.1 Å². The molecule has 0 radical (unpaired) electrons. The Morgan fingerprint density at radius 3 is 3.00 bits per heavy atom. The van der Waals surface area contributed by atoms with Gasteiger partial charge < -0.3 is 19.2 Å². The number of hydrogen-bond donors (Lipinski definition) is 1. The fourth-order valence-corrected chi connectivity index (χ4v) is 3.51. The molecule has 9 heteroatoms. The van der Waals surface area contributed by atoms with Crippen LogP contribution in [0.3, 0.4) is 0 Å². The van der Waals surface area contributed by atoms with E-state index in [9.17, 15) is 4.79 Å². The van der Waals surface area contributed by atoms with Crippen molar-refractivity contribution in [3.05, 3.63) is 35.7 Å². The predicted octanol–water partition coefficient (Wildman–Crippen LogP) is 3.65. The average molecular weight is 375 g/mol. The van der Waals surface area contributed by atoms with Gasteiger partial charge >= 0.3 is 0 Å². The Hall–Kier alpha value is -2.52. The summed E-state index contributed by atoms with van der Waals surface area (Å²) in [5.74, 6) is 1.59. The second-order valence-electron chi connectivity index (χ2n) is 5.17. The minimum Gasteiger partial charge on any atom is -0.454 e. The largest absolute Gasteiger partial charge is 0.454 e. The molecule has 0 spiro atoms. The molecule has 1 atom stereocenters. The van der Waals surface area contributed by atoms with E-state index in [0.29, 0.717) is 28.3 Å². The maximum atomic E-state index is 12.4. The zero-order valence-corrected chi connectivity index (χ0v) is 14.7. The Bertz CT molecular complexity index is 895. The number of ether oxygens (including phenoxy) is 2. The molecular formula is C16H13N3O4S2. The normalized spacial score (nSPS) is 13.6. The van der Waals surface area contributed by atoms with E-state index in [1.807, 2.05) is 17.5 Å². The van der Waals surface area contributed by atoms with E-state index in [2.05, 4.69) is 15.5 Å². The molecule has 1 aromatic carbocycles. The van der Waals surface area contributed by atoms with Crippen LogP contribution < -0.4 is 14.8 Å². The number of aromatic nitrogens is 2. The molecule has 7 nitrogen and oxygen atoms in total. The van der Waals surface area contributed by atoms with Crippen LogP contribution in [0.25, 0.3) is 10.8 Å². The van der Waals surface area contributed by atoms with E-state index in [4.69, 9.17) is 13.9 Å². The van der Waals surface area contributed by atoms with Crippen LogP contribution >= 0.6 is 23.1 Å². The van der Waals surface area contributed by atoms with Crippen LogP contribution in [-0.4, -0.2) is 28.1 Å². The van der Waals surface area contributed by atoms with Gasteiger partial charge in [-0.15, -0.1) is 21.5 Å². The number of carbonyl (C=O) groups is 1. The second kappa shape index (κ2) is 6.77. The Balaban J connectivity index is 1.39. The molecule has 4 rings (SSSR count). The molecule has 1 amide bonds. The first-order valence-electron chi connectivity index (χ1n) is 7.43. The SMILES string of the molecule is C[C@@H](Sc1nnc(-c2cccs2)o1)C(=O)Nc1ccc2c(c1)OCO2. The number of thioether (sulfide) groups is 1. The van der Waals surface area contributed by atoms with Crippen LogP contribution in [0.1, 0.15) is 6.92 Å². The van der Waals surface area contributed by atoms with Gasteiger partial charge in [-0.3, -0.25) is 4.79 Å². The molecule has 0 unspecified atom stereocenters. The fourth-order valence-electron chi connectivity index (χ4n) is 2.18. The van der Waals surface area contributed by atoms with Gasteiger partial charge in [0.05, 0.1) is 10.1 Å². The molecule has 1 aliphatic rings. The van der Waals surface area contributed by atoms with E-state index < -0.39 is 5.25 Å². The van der Waals surface area contributed by atoms with Gasteiger partial charge in [-0.25, -0.2) is 0 Å². The summed E-state index contributed by atoms with van der Waals surface area (Å²) >= 11 is 2.73. The molecule has 1 N–H and O–H groups in total. The highest BCUT2D eigenvalue weighted by Crippen LogP contribution is 2.34. The second-order valence-corrected chi connectivity index (χ2v) is 7.41. The summed E-state index contributed by atoms with van der Waals surface area (Å²) in [6.07, 6.45) is 0. The lowest BCUT2D eigenvalue weighted by atomic mass is 10.2. The highest BCUT2D eigenvalue weighted by Gasteiger charge is 2.20. The third kappa shape index (κ3) is 3.47. The number of benzene rings is 1. The number of amides is 1. The maximum Gasteiger partial charge on any atom is 0.277 e. The zero-order chi connectivity index (χ0) is 17.2. The maximum absolute atomic E-state index is 12.4. The molecule has 3 heterocycles. The van der Waals surface area contributed by atoms with E-state index >= 15 is 0 Å². The van der Waals surface area contributed by atoms with Crippen molar-refractivity contribution in [2.45, 2.75) is 17.4 Å². The molecule has 0 saturated carbocycles. The average Bonchev–Trinajstić information content (AvgIpc) is 3.35. The molecular weight excluding hydrogens is 362 g/mol. The van der Waals surface area contributed by atoms with E-state index in [0.717, 1.165) is 4.88 Å². The molecule has 0 saturated heterocycles. The van der Waals surface area contributed by atoms with Crippen molar-refractivity contribution in [2.24, 2.45) is 0 Å². The highest BCUT2D eigenvalue weighted by atomic mass is 32.2. The first-order valence-corrected chi connectivity index (χ1v) is 9.19. The van der Waals surface area contributed by atoms with Crippen molar-refractivity contribution < 1.29 is 18.7 Å². The van der Waals surface area contributed by atoms with Crippen molar-refractivity contribution in [1.82, 2.24) is 10.2 Å². The number of nitrogens with one attached hydrogen (secondary N) is 1. The number of carbonyl (C=O) groups excluding carboxylic acids is 1. The van der Waals surface area contributed by atoms with Gasteiger partial charge in [0.1, 0.15) is 0 Å². The number of nitrogens with zero attached hydrogens (tertiary/aromatic N) is 2. The van der Waals surface area contributed by atoms with E-state index in [1.165, 1.54) is 23.1 Å². The Morgan fingerprint density at radius 1 is 1.28 bits per heavy atom. The topological polar surface area (TPSA) is 86.5 Å². The standard InChI is InChI=1S/C16H13N3O4S2/c1-9(25-16-19-18-15(23-16)13-3-2-6-24-13)14(20)17-10-4-5-11-12(7-10)22-8-21-11/h2-7,9H,8H2,1H3,(H,17,20)/t9-/m1/s1. The summed E-state index contributed by atoms with van der Waals surface area (Å²) in [5.41, 5.74) is 0.645. The Kier molecular flexibility index (Phi) is 4.33. The molecule has 3 aromatic rings. The number of hydrogen-bond acceptors (Lipinski definition) is 8. The Morgan fingerprint density at radius 2 is 2.16 bits per heavy atom. The van der Waals surface area contributed by atoms with Crippen molar-refractivity contribution >= 4 is 34.7 Å². The van der Waals surface area contributed by atoms with Gasteiger partial charge in [-0.05, 0) is 30.5 Å². The van der Waals surface area contributed by atoms with Crippen LogP contribution in [0.4, 0.5) is 5.69 Å². The summed E-state index contributed by atoms with van der Waals surface area (Å²) in [7, 11) is 0. The quantitative estimate of drug-likeness (QED) is 0.681. The van der Waals surface area contributed by atoms with Gasteiger partial charge in [-0.1, -0.05) is 17.8 Å². The number of rotatable bonds is 5. The lowest BCUT2D eigenvalue weighted by Gasteiger charge is -2.10. The van der Waals surface area contributed by atoms with Crippen LogP contribution in [0, 0.1) is 0 Å². The molecule has 25 heavy (non-hydrogen) atoms. The first kappa shape index (κ1) is 16.0. The predicted molar refractivity (Wildman–Crippen MR) is 94.1 cm³/mol. The summed E-state index contributed by atoms with van der Waals surface area (Å²) in [4.78, 5) is 13.3. The first-order chi connectivity index (χ1) is 12.2. The lowest BCUT2D eigenvalue weighted by Crippen LogP contribution is -2.22.